The molecule has 0 spiro atoms. The number of carbonyl (C=O) groups excluding carboxylic acids is 1. The Morgan fingerprint density at radius 2 is 2.00 bits per heavy atom. The molecule has 7 heteroatoms. The number of thioether (sulfide) groups is 1. The summed E-state index contributed by atoms with van der Waals surface area (Å²) in [5.41, 5.74) is 2.59. The second-order valence-electron chi connectivity index (χ2n) is 5.90. The maximum absolute atomic E-state index is 13.3. The number of rotatable bonds is 2. The number of aryl methyl sites for hydroxylation is 1. The number of aromatic nitrogens is 2. The van der Waals surface area contributed by atoms with Gasteiger partial charge in [0.25, 0.3) is 0 Å². The Bertz CT molecular complexity index is 919. The summed E-state index contributed by atoms with van der Waals surface area (Å²) in [6.45, 7) is 3.86. The van der Waals surface area contributed by atoms with Gasteiger partial charge in [-0.3, -0.25) is 4.79 Å². The molecule has 1 aromatic carbocycles. The van der Waals surface area contributed by atoms with Crippen molar-refractivity contribution < 1.29 is 9.18 Å². The first kappa shape index (κ1) is 16.4. The van der Waals surface area contributed by atoms with E-state index in [4.69, 9.17) is 0 Å². The van der Waals surface area contributed by atoms with E-state index in [0.717, 1.165) is 16.9 Å². The molecule has 2 aromatic heterocycles. The van der Waals surface area contributed by atoms with Gasteiger partial charge < -0.3 is 5.32 Å². The molecule has 0 radical (unpaired) electrons. The third-order valence-electron chi connectivity index (χ3n) is 4.19. The zero-order valence-electron chi connectivity index (χ0n) is 13.7. The maximum atomic E-state index is 13.3. The van der Waals surface area contributed by atoms with Crippen LogP contribution in [0, 0.1) is 12.7 Å². The number of nitrogens with one attached hydrogen (secondary N) is 1. The highest BCUT2D eigenvalue weighted by Gasteiger charge is 2.34. The molecule has 2 atom stereocenters. The molecule has 0 aliphatic carbocycles. The molecule has 0 saturated heterocycles. The molecule has 4 rings (SSSR count). The summed E-state index contributed by atoms with van der Waals surface area (Å²) >= 11 is 3.30. The number of hydrogen-bond acceptors (Lipinski definition) is 4. The predicted octanol–water partition coefficient (Wildman–Crippen LogP) is 4.54. The number of amides is 1. The summed E-state index contributed by atoms with van der Waals surface area (Å²) in [6.07, 6.45) is 0. The van der Waals surface area contributed by atoms with Crippen LogP contribution in [-0.2, 0) is 4.79 Å². The second-order valence-corrected chi connectivity index (χ2v) is 8.33. The van der Waals surface area contributed by atoms with E-state index < -0.39 is 0 Å². The van der Waals surface area contributed by atoms with Crippen LogP contribution in [0.25, 0.3) is 5.69 Å². The Labute approximate surface area is 153 Å². The molecular formula is C18H16FN3OS2. The van der Waals surface area contributed by atoms with E-state index in [0.29, 0.717) is 5.82 Å². The Balaban J connectivity index is 1.90. The van der Waals surface area contributed by atoms with E-state index in [1.54, 1.807) is 39.9 Å². The molecule has 128 valence electrons. The smallest absolute Gasteiger partial charge is 0.238 e. The predicted molar refractivity (Wildman–Crippen MR) is 100 cm³/mol. The Morgan fingerprint density at radius 3 is 2.68 bits per heavy atom. The van der Waals surface area contributed by atoms with Crippen molar-refractivity contribution in [2.24, 2.45) is 0 Å². The lowest BCUT2D eigenvalue weighted by atomic mass is 10.1. The van der Waals surface area contributed by atoms with Gasteiger partial charge in [-0.15, -0.1) is 23.1 Å². The zero-order chi connectivity index (χ0) is 17.6. The SMILES string of the molecule is Cc1nn(-c2ccc(F)cc2)c2c1[C@H](c1cccs1)S[C@H](C)C(=O)N2. The largest absolute Gasteiger partial charge is 0.309 e. The van der Waals surface area contributed by atoms with Gasteiger partial charge in [0, 0.05) is 10.4 Å². The monoisotopic (exact) mass is 373 g/mol. The van der Waals surface area contributed by atoms with Crippen molar-refractivity contribution in [3.05, 3.63) is 63.7 Å². The van der Waals surface area contributed by atoms with Crippen molar-refractivity contribution in [1.29, 1.82) is 0 Å². The van der Waals surface area contributed by atoms with Crippen LogP contribution in [0.2, 0.25) is 0 Å². The number of anilines is 1. The fourth-order valence-electron chi connectivity index (χ4n) is 2.94. The van der Waals surface area contributed by atoms with Gasteiger partial charge in [-0.25, -0.2) is 9.07 Å². The van der Waals surface area contributed by atoms with Crippen LogP contribution in [0.4, 0.5) is 10.2 Å². The minimum absolute atomic E-state index is 0.0400. The Kier molecular flexibility index (Phi) is 4.13. The summed E-state index contributed by atoms with van der Waals surface area (Å²) in [6, 6.07) is 10.2. The van der Waals surface area contributed by atoms with Gasteiger partial charge in [0.15, 0.2) is 0 Å². The highest BCUT2D eigenvalue weighted by molar-refractivity contribution is 8.01. The van der Waals surface area contributed by atoms with Gasteiger partial charge in [-0.1, -0.05) is 6.07 Å². The summed E-state index contributed by atoms with van der Waals surface area (Å²) in [4.78, 5) is 13.7. The fourth-order valence-corrected chi connectivity index (χ4v) is 5.21. The summed E-state index contributed by atoms with van der Waals surface area (Å²) in [7, 11) is 0. The normalized spacial score (nSPS) is 20.0. The van der Waals surface area contributed by atoms with E-state index in [2.05, 4.69) is 16.5 Å². The molecule has 0 saturated carbocycles. The van der Waals surface area contributed by atoms with Gasteiger partial charge in [0.05, 0.1) is 21.9 Å². The number of hydrogen-bond donors (Lipinski definition) is 1. The summed E-state index contributed by atoms with van der Waals surface area (Å²) in [5.74, 6) is 0.321. The zero-order valence-corrected chi connectivity index (χ0v) is 15.3. The molecule has 1 amide bonds. The minimum Gasteiger partial charge on any atom is -0.309 e. The first-order valence-corrected chi connectivity index (χ1v) is 9.72. The van der Waals surface area contributed by atoms with Gasteiger partial charge in [-0.2, -0.15) is 5.10 Å². The number of benzene rings is 1. The molecule has 1 aliphatic heterocycles. The molecular weight excluding hydrogens is 357 g/mol. The molecule has 25 heavy (non-hydrogen) atoms. The van der Waals surface area contributed by atoms with Crippen LogP contribution in [0.15, 0.2) is 41.8 Å². The lowest BCUT2D eigenvalue weighted by molar-refractivity contribution is -0.115. The topological polar surface area (TPSA) is 46.9 Å². The highest BCUT2D eigenvalue weighted by Crippen LogP contribution is 2.47. The Hall–Kier alpha value is -2.12. The third-order valence-corrected chi connectivity index (χ3v) is 6.66. The van der Waals surface area contributed by atoms with Gasteiger partial charge in [0.1, 0.15) is 11.6 Å². The fraction of sp³-hybridized carbons (Fsp3) is 0.222. The molecule has 0 unspecified atom stereocenters. The maximum Gasteiger partial charge on any atom is 0.238 e. The van der Waals surface area contributed by atoms with Gasteiger partial charge in [-0.05, 0) is 49.6 Å². The molecule has 3 aromatic rings. The van der Waals surface area contributed by atoms with Crippen molar-refractivity contribution in [2.45, 2.75) is 24.3 Å². The van der Waals surface area contributed by atoms with Gasteiger partial charge in [0.2, 0.25) is 5.91 Å². The van der Waals surface area contributed by atoms with Crippen LogP contribution >= 0.6 is 23.1 Å². The van der Waals surface area contributed by atoms with E-state index in [-0.39, 0.29) is 22.2 Å². The van der Waals surface area contributed by atoms with E-state index in [1.807, 2.05) is 25.3 Å². The van der Waals surface area contributed by atoms with Crippen molar-refractivity contribution in [3.8, 4) is 5.69 Å². The van der Waals surface area contributed by atoms with E-state index >= 15 is 0 Å². The average molecular weight is 373 g/mol. The lowest BCUT2D eigenvalue weighted by Gasteiger charge is -2.15. The van der Waals surface area contributed by atoms with Crippen LogP contribution < -0.4 is 5.32 Å². The third kappa shape index (κ3) is 2.87. The molecule has 0 bridgehead atoms. The summed E-state index contributed by atoms with van der Waals surface area (Å²) in [5, 5.41) is 9.54. The number of carbonyl (C=O) groups is 1. The average Bonchev–Trinajstić information content (AvgIpc) is 3.19. The lowest BCUT2D eigenvalue weighted by Crippen LogP contribution is -2.22. The standard InChI is InChI=1S/C18H16FN3OS2/c1-10-15-16(14-4-3-9-24-14)25-11(2)18(23)20-17(15)22(21-10)13-7-5-12(19)6-8-13/h3-9,11,16H,1-2H3,(H,20,23)/t11-,16+/m1/s1. The van der Waals surface area contributed by atoms with Crippen LogP contribution in [0.5, 0.6) is 0 Å². The van der Waals surface area contributed by atoms with E-state index in [9.17, 15) is 9.18 Å². The van der Waals surface area contributed by atoms with E-state index in [1.165, 1.54) is 17.0 Å². The minimum atomic E-state index is -0.302. The van der Waals surface area contributed by atoms with Crippen molar-refractivity contribution in [2.75, 3.05) is 5.32 Å². The molecule has 1 aliphatic rings. The molecule has 0 fully saturated rings. The molecule has 1 N–H and O–H groups in total. The van der Waals surface area contributed by atoms with Crippen molar-refractivity contribution >= 4 is 34.8 Å². The first-order chi connectivity index (χ1) is 12.0. The van der Waals surface area contributed by atoms with Crippen LogP contribution in [-0.4, -0.2) is 20.9 Å². The van der Waals surface area contributed by atoms with Gasteiger partial charge >= 0.3 is 0 Å². The van der Waals surface area contributed by atoms with Crippen molar-refractivity contribution in [1.82, 2.24) is 9.78 Å². The molecule has 4 nitrogen and oxygen atoms in total. The Morgan fingerprint density at radius 1 is 1.24 bits per heavy atom. The number of fused-ring (bicyclic) bond motifs is 1. The van der Waals surface area contributed by atoms with Crippen molar-refractivity contribution in [3.63, 3.8) is 0 Å². The quantitative estimate of drug-likeness (QED) is 0.717. The van der Waals surface area contributed by atoms with Crippen LogP contribution in [0.1, 0.15) is 28.3 Å². The van der Waals surface area contributed by atoms with Crippen LogP contribution in [0.3, 0.4) is 0 Å². The first-order valence-electron chi connectivity index (χ1n) is 7.90. The second kappa shape index (κ2) is 6.31. The number of halogens is 1. The molecule has 3 heterocycles. The number of thiophene rings is 1. The summed E-state index contributed by atoms with van der Waals surface area (Å²) < 4.78 is 15.0. The highest BCUT2D eigenvalue weighted by atomic mass is 32.2. The number of nitrogens with zero attached hydrogens (tertiary/aromatic N) is 2.